The van der Waals surface area contributed by atoms with Gasteiger partial charge in [0.25, 0.3) is 0 Å². The number of allylic oxidation sites excluding steroid dienone is 5. The molecule has 1 aliphatic heterocycles. The van der Waals surface area contributed by atoms with Gasteiger partial charge in [0, 0.05) is 20.0 Å². The van der Waals surface area contributed by atoms with Crippen LogP contribution in [-0.4, -0.2) is 25.7 Å². The highest BCUT2D eigenvalue weighted by Crippen LogP contribution is 2.44. The van der Waals surface area contributed by atoms with Crippen LogP contribution in [0.1, 0.15) is 59.8 Å². The van der Waals surface area contributed by atoms with E-state index >= 15 is 0 Å². The Labute approximate surface area is 164 Å². The Morgan fingerprint density at radius 3 is 2.70 bits per heavy atom. The molecule has 27 heavy (non-hydrogen) atoms. The van der Waals surface area contributed by atoms with Crippen LogP contribution in [0.5, 0.6) is 0 Å². The van der Waals surface area contributed by atoms with E-state index < -0.39 is 12.6 Å². The number of hydrogen-bond acceptors (Lipinski definition) is 4. The number of carbonyl (C=O) groups is 1. The first kappa shape index (κ1) is 21.6. The maximum absolute atomic E-state index is 11.7. The summed E-state index contributed by atoms with van der Waals surface area (Å²) in [5.41, 5.74) is 4.90. The first-order chi connectivity index (χ1) is 12.8. The summed E-state index contributed by atoms with van der Waals surface area (Å²) in [7, 11) is 1.64. The zero-order valence-electron chi connectivity index (χ0n) is 17.4. The highest BCUT2D eigenvalue weighted by atomic mass is 16.8. The van der Waals surface area contributed by atoms with Crippen molar-refractivity contribution in [3.8, 4) is 0 Å². The van der Waals surface area contributed by atoms with Gasteiger partial charge in [0.05, 0.1) is 0 Å². The Morgan fingerprint density at radius 1 is 1.33 bits per heavy atom. The summed E-state index contributed by atoms with van der Waals surface area (Å²) in [6.45, 7) is 12.1. The summed E-state index contributed by atoms with van der Waals surface area (Å²) in [4.78, 5) is 11.7. The van der Waals surface area contributed by atoms with Crippen molar-refractivity contribution in [2.24, 2.45) is 11.8 Å². The lowest BCUT2D eigenvalue weighted by Crippen LogP contribution is -2.46. The number of fused-ring (bicyclic) bond motifs is 1. The van der Waals surface area contributed by atoms with Crippen LogP contribution in [0.4, 0.5) is 0 Å². The fourth-order valence-electron chi connectivity index (χ4n) is 3.97. The molecule has 1 heterocycles. The molecule has 0 aromatic carbocycles. The first-order valence-electron chi connectivity index (χ1n) is 9.85. The van der Waals surface area contributed by atoms with Gasteiger partial charge in [0.15, 0.2) is 6.29 Å². The SMILES string of the molecule is C=C1CC/C=C(\C)CC[C@@H]2/C(=C\CC=C(C)C)[C@H](OC)O[C@H](OC(C)=O)[C@@H]12. The average molecular weight is 375 g/mol. The quantitative estimate of drug-likeness (QED) is 0.483. The van der Waals surface area contributed by atoms with E-state index in [1.807, 2.05) is 0 Å². The smallest absolute Gasteiger partial charge is 0.304 e. The van der Waals surface area contributed by atoms with Crippen molar-refractivity contribution in [1.82, 2.24) is 0 Å². The lowest BCUT2D eigenvalue weighted by atomic mass is 9.75. The van der Waals surface area contributed by atoms with Gasteiger partial charge in [-0.2, -0.15) is 0 Å². The number of carbonyl (C=O) groups excluding carboxylic acids is 1. The van der Waals surface area contributed by atoms with Crippen LogP contribution in [0.2, 0.25) is 0 Å². The van der Waals surface area contributed by atoms with Gasteiger partial charge in [-0.1, -0.05) is 41.5 Å². The van der Waals surface area contributed by atoms with Crippen molar-refractivity contribution in [1.29, 1.82) is 0 Å². The second-order valence-corrected chi connectivity index (χ2v) is 7.82. The molecule has 2 aliphatic rings. The molecular weight excluding hydrogens is 340 g/mol. The molecule has 0 unspecified atom stereocenters. The lowest BCUT2D eigenvalue weighted by Gasteiger charge is -2.43. The van der Waals surface area contributed by atoms with Gasteiger partial charge in [0.1, 0.15) is 0 Å². The molecule has 0 bridgehead atoms. The predicted molar refractivity (Wildman–Crippen MR) is 108 cm³/mol. The maximum Gasteiger partial charge on any atom is 0.304 e. The number of ether oxygens (including phenoxy) is 3. The second kappa shape index (κ2) is 10.0. The summed E-state index contributed by atoms with van der Waals surface area (Å²) in [5, 5.41) is 0. The minimum Gasteiger partial charge on any atom is -0.435 e. The molecule has 0 aromatic heterocycles. The minimum absolute atomic E-state index is 0.0439. The fourth-order valence-corrected chi connectivity index (χ4v) is 3.97. The summed E-state index contributed by atoms with van der Waals surface area (Å²) in [6.07, 6.45) is 10.2. The summed E-state index contributed by atoms with van der Waals surface area (Å²) in [6, 6.07) is 0. The Bertz CT molecular complexity index is 637. The monoisotopic (exact) mass is 374 g/mol. The third-order valence-electron chi connectivity index (χ3n) is 5.34. The van der Waals surface area contributed by atoms with Crippen LogP contribution in [0.25, 0.3) is 0 Å². The van der Waals surface area contributed by atoms with Crippen molar-refractivity contribution >= 4 is 5.97 Å². The normalized spacial score (nSPS) is 32.4. The number of hydrogen-bond donors (Lipinski definition) is 0. The van der Waals surface area contributed by atoms with Gasteiger partial charge >= 0.3 is 5.97 Å². The van der Waals surface area contributed by atoms with Crippen molar-refractivity contribution in [3.63, 3.8) is 0 Å². The van der Waals surface area contributed by atoms with Crippen molar-refractivity contribution in [2.45, 2.75) is 72.4 Å². The maximum atomic E-state index is 11.7. The van der Waals surface area contributed by atoms with E-state index in [-0.39, 0.29) is 17.8 Å². The minimum atomic E-state index is -0.649. The zero-order valence-corrected chi connectivity index (χ0v) is 17.4. The van der Waals surface area contributed by atoms with E-state index in [1.54, 1.807) is 7.11 Å². The van der Waals surface area contributed by atoms with E-state index in [4.69, 9.17) is 14.2 Å². The molecule has 0 saturated carbocycles. The van der Waals surface area contributed by atoms with Crippen LogP contribution in [0.3, 0.4) is 0 Å². The Hall–Kier alpha value is -1.65. The van der Waals surface area contributed by atoms with Crippen LogP contribution in [0.15, 0.2) is 47.1 Å². The predicted octanol–water partition coefficient (Wildman–Crippen LogP) is 5.47. The molecule has 1 fully saturated rings. The lowest BCUT2D eigenvalue weighted by molar-refractivity contribution is -0.257. The van der Waals surface area contributed by atoms with E-state index in [1.165, 1.54) is 18.1 Å². The van der Waals surface area contributed by atoms with Gasteiger partial charge in [0.2, 0.25) is 6.29 Å². The van der Waals surface area contributed by atoms with Crippen LogP contribution >= 0.6 is 0 Å². The van der Waals surface area contributed by atoms with E-state index in [0.717, 1.165) is 43.3 Å². The Balaban J connectivity index is 2.43. The highest BCUT2D eigenvalue weighted by molar-refractivity contribution is 5.66. The van der Waals surface area contributed by atoms with E-state index in [9.17, 15) is 4.79 Å². The summed E-state index contributed by atoms with van der Waals surface area (Å²) in [5.74, 6) is -0.197. The van der Waals surface area contributed by atoms with Crippen LogP contribution in [0, 0.1) is 11.8 Å². The molecule has 4 atom stereocenters. The molecule has 1 saturated heterocycles. The first-order valence-corrected chi connectivity index (χ1v) is 9.85. The Morgan fingerprint density at radius 2 is 2.07 bits per heavy atom. The van der Waals surface area contributed by atoms with Gasteiger partial charge in [-0.25, -0.2) is 0 Å². The average Bonchev–Trinajstić information content (AvgIpc) is 2.65. The molecule has 0 spiro atoms. The molecule has 0 aromatic rings. The van der Waals surface area contributed by atoms with E-state index in [2.05, 4.69) is 45.6 Å². The third kappa shape index (κ3) is 5.91. The molecule has 4 heteroatoms. The molecule has 0 N–H and O–H groups in total. The van der Waals surface area contributed by atoms with Crippen molar-refractivity contribution in [2.75, 3.05) is 7.11 Å². The molecular formula is C23H34O4. The number of methoxy groups -OCH3 is 1. The van der Waals surface area contributed by atoms with Crippen molar-refractivity contribution < 1.29 is 19.0 Å². The zero-order chi connectivity index (χ0) is 20.0. The molecule has 1 aliphatic carbocycles. The van der Waals surface area contributed by atoms with Gasteiger partial charge in [-0.3, -0.25) is 4.79 Å². The molecule has 150 valence electrons. The van der Waals surface area contributed by atoms with Crippen LogP contribution in [-0.2, 0) is 19.0 Å². The molecule has 0 radical (unpaired) electrons. The second-order valence-electron chi connectivity index (χ2n) is 7.82. The highest BCUT2D eigenvalue weighted by Gasteiger charge is 2.44. The van der Waals surface area contributed by atoms with Gasteiger partial charge < -0.3 is 14.2 Å². The number of rotatable bonds is 4. The topological polar surface area (TPSA) is 44.8 Å². The molecule has 2 rings (SSSR count). The summed E-state index contributed by atoms with van der Waals surface area (Å²) >= 11 is 0. The largest absolute Gasteiger partial charge is 0.435 e. The molecule has 0 amide bonds. The fraction of sp³-hybridized carbons (Fsp3) is 0.609. The van der Waals surface area contributed by atoms with Crippen molar-refractivity contribution in [3.05, 3.63) is 47.1 Å². The summed E-state index contributed by atoms with van der Waals surface area (Å²) < 4.78 is 17.3. The van der Waals surface area contributed by atoms with Crippen LogP contribution < -0.4 is 0 Å². The molecule has 4 nitrogen and oxygen atoms in total. The van der Waals surface area contributed by atoms with E-state index in [0.29, 0.717) is 0 Å². The third-order valence-corrected chi connectivity index (χ3v) is 5.34. The van der Waals surface area contributed by atoms with Gasteiger partial charge in [-0.05, 0) is 64.4 Å². The standard InChI is InChI=1S/C23H34O4/c1-15(2)9-7-12-20-19-14-13-16(3)10-8-11-17(4)21(19)23(26-18(5)24)27-22(20)25-6/h9-10,12,19,21-23H,4,7-8,11,13-14H2,1-3,5-6H3/b16-10+,20-12+/t19-,21+,22-,23+/m1/s1. The Kier molecular flexibility index (Phi) is 8.06. The van der Waals surface area contributed by atoms with Gasteiger partial charge in [-0.15, -0.1) is 0 Å². The number of esters is 1.